The smallest absolute Gasteiger partial charge is 0.268 e. The van der Waals surface area contributed by atoms with Crippen molar-refractivity contribution < 1.29 is 14.3 Å². The van der Waals surface area contributed by atoms with Gasteiger partial charge in [0.15, 0.2) is 11.5 Å². The van der Waals surface area contributed by atoms with Crippen LogP contribution in [0, 0.1) is 6.92 Å². The molecule has 0 bridgehead atoms. The number of hydrogen-bond acceptors (Lipinski definition) is 6. The first-order chi connectivity index (χ1) is 15.5. The van der Waals surface area contributed by atoms with Crippen molar-refractivity contribution in [1.29, 1.82) is 0 Å². The van der Waals surface area contributed by atoms with Gasteiger partial charge in [-0.05, 0) is 42.8 Å². The Morgan fingerprint density at radius 3 is 2.56 bits per heavy atom. The summed E-state index contributed by atoms with van der Waals surface area (Å²) in [4.78, 5) is 18.1. The Hall–Kier alpha value is -3.36. The maximum Gasteiger partial charge on any atom is 0.268 e. The number of carbonyl (C=O) groups excluding carboxylic acids is 1. The van der Waals surface area contributed by atoms with Gasteiger partial charge in [0.2, 0.25) is 0 Å². The van der Waals surface area contributed by atoms with Crippen LogP contribution in [-0.4, -0.2) is 34.9 Å². The molecule has 0 atom stereocenters. The van der Waals surface area contributed by atoms with Crippen LogP contribution in [-0.2, 0) is 6.54 Å². The normalized spacial score (nSPS) is 10.8. The molecule has 4 aromatic rings. The Morgan fingerprint density at radius 2 is 1.84 bits per heavy atom. The zero-order chi connectivity index (χ0) is 22.7. The van der Waals surface area contributed by atoms with Gasteiger partial charge in [0.05, 0.1) is 32.7 Å². The third-order valence-corrected chi connectivity index (χ3v) is 6.29. The van der Waals surface area contributed by atoms with Crippen LogP contribution >= 0.6 is 22.9 Å². The van der Waals surface area contributed by atoms with Crippen LogP contribution in [0.2, 0.25) is 5.02 Å². The summed E-state index contributed by atoms with van der Waals surface area (Å²) in [7, 11) is 3.17. The molecule has 7 nitrogen and oxygen atoms in total. The summed E-state index contributed by atoms with van der Waals surface area (Å²) in [6.07, 6.45) is 1.65. The van der Waals surface area contributed by atoms with Gasteiger partial charge < -0.3 is 14.8 Å². The van der Waals surface area contributed by atoms with E-state index in [1.807, 2.05) is 49.4 Å². The highest BCUT2D eigenvalue weighted by atomic mass is 35.5. The van der Waals surface area contributed by atoms with Crippen LogP contribution in [0.5, 0.6) is 11.5 Å². The van der Waals surface area contributed by atoms with E-state index in [0.717, 1.165) is 16.1 Å². The molecule has 4 rings (SSSR count). The zero-order valence-electron chi connectivity index (χ0n) is 17.8. The number of aromatic nitrogens is 3. The number of rotatable bonds is 7. The van der Waals surface area contributed by atoms with Gasteiger partial charge in [0.25, 0.3) is 5.91 Å². The summed E-state index contributed by atoms with van der Waals surface area (Å²) >= 11 is 7.28. The number of anilines is 1. The number of amides is 1. The molecule has 32 heavy (non-hydrogen) atoms. The van der Waals surface area contributed by atoms with Gasteiger partial charge in [-0.2, -0.15) is 5.10 Å². The Balaban J connectivity index is 1.54. The number of nitrogens with one attached hydrogen (secondary N) is 1. The lowest BCUT2D eigenvalue weighted by Crippen LogP contribution is -2.16. The number of ether oxygens (including phenoxy) is 2. The van der Waals surface area contributed by atoms with E-state index in [1.165, 1.54) is 11.3 Å². The van der Waals surface area contributed by atoms with Crippen molar-refractivity contribution in [2.45, 2.75) is 13.5 Å². The van der Waals surface area contributed by atoms with E-state index in [-0.39, 0.29) is 5.91 Å². The van der Waals surface area contributed by atoms with Crippen molar-refractivity contribution in [1.82, 2.24) is 14.8 Å². The fourth-order valence-electron chi connectivity index (χ4n) is 3.20. The highest BCUT2D eigenvalue weighted by Gasteiger charge is 2.19. The van der Waals surface area contributed by atoms with E-state index in [0.29, 0.717) is 39.5 Å². The van der Waals surface area contributed by atoms with E-state index < -0.39 is 0 Å². The third-order valence-electron chi connectivity index (χ3n) is 4.84. The van der Waals surface area contributed by atoms with E-state index in [9.17, 15) is 4.79 Å². The lowest BCUT2D eigenvalue weighted by molar-refractivity contribution is 0.102. The van der Waals surface area contributed by atoms with E-state index in [1.54, 1.807) is 31.2 Å². The molecule has 9 heteroatoms. The number of aryl methyl sites for hydroxylation is 1. The monoisotopic (exact) mass is 468 g/mol. The predicted molar refractivity (Wildman–Crippen MR) is 126 cm³/mol. The van der Waals surface area contributed by atoms with Crippen LogP contribution in [0.1, 0.15) is 20.9 Å². The largest absolute Gasteiger partial charge is 0.493 e. The molecule has 1 N–H and O–H groups in total. The minimum Gasteiger partial charge on any atom is -0.493 e. The molecule has 2 heterocycles. The summed E-state index contributed by atoms with van der Waals surface area (Å²) in [5.41, 5.74) is 2.53. The molecule has 0 aliphatic carbocycles. The number of methoxy groups -OCH3 is 2. The minimum atomic E-state index is -0.232. The number of hydrogen-bond donors (Lipinski definition) is 1. The minimum absolute atomic E-state index is 0.232. The fraction of sp³-hybridized carbons (Fsp3) is 0.174. The van der Waals surface area contributed by atoms with Crippen LogP contribution < -0.4 is 14.8 Å². The number of carbonyl (C=O) groups is 1. The molecule has 0 spiro atoms. The zero-order valence-corrected chi connectivity index (χ0v) is 19.3. The number of benzene rings is 2. The second-order valence-electron chi connectivity index (χ2n) is 6.96. The summed E-state index contributed by atoms with van der Waals surface area (Å²) in [5.74, 6) is 1.61. The second kappa shape index (κ2) is 9.42. The molecule has 0 aliphatic heterocycles. The van der Waals surface area contributed by atoms with E-state index in [4.69, 9.17) is 21.1 Å². The van der Waals surface area contributed by atoms with Crippen LogP contribution in [0.4, 0.5) is 5.82 Å². The molecule has 0 aliphatic rings. The highest BCUT2D eigenvalue weighted by Crippen LogP contribution is 2.35. The first kappa shape index (κ1) is 21.9. The molecular weight excluding hydrogens is 448 g/mol. The van der Waals surface area contributed by atoms with Crippen molar-refractivity contribution in [3.63, 3.8) is 0 Å². The molecule has 0 saturated carbocycles. The molecule has 0 radical (unpaired) electrons. The average molecular weight is 469 g/mol. The van der Waals surface area contributed by atoms with E-state index in [2.05, 4.69) is 15.4 Å². The Bertz CT molecular complexity index is 1250. The average Bonchev–Trinajstić information content (AvgIpc) is 3.41. The Morgan fingerprint density at radius 1 is 1.09 bits per heavy atom. The van der Waals surface area contributed by atoms with Gasteiger partial charge in [-0.25, -0.2) is 9.67 Å². The predicted octanol–water partition coefficient (Wildman–Crippen LogP) is 5.29. The first-order valence-corrected chi connectivity index (χ1v) is 11.0. The van der Waals surface area contributed by atoms with Gasteiger partial charge in [-0.15, -0.1) is 11.3 Å². The van der Waals surface area contributed by atoms with Gasteiger partial charge in [0.1, 0.15) is 15.7 Å². The molecule has 2 aromatic carbocycles. The Labute approximate surface area is 194 Å². The van der Waals surface area contributed by atoms with Crippen molar-refractivity contribution >= 4 is 34.7 Å². The summed E-state index contributed by atoms with van der Waals surface area (Å²) in [5, 5.41) is 8.67. The van der Waals surface area contributed by atoms with Gasteiger partial charge in [-0.1, -0.05) is 23.7 Å². The quantitative estimate of drug-likeness (QED) is 0.399. The molecule has 0 unspecified atom stereocenters. The van der Waals surface area contributed by atoms with Crippen molar-refractivity contribution in [2.24, 2.45) is 0 Å². The van der Waals surface area contributed by atoms with Crippen molar-refractivity contribution in [3.05, 3.63) is 75.9 Å². The molecule has 2 aromatic heterocycles. The standard InChI is InChI=1S/C23H21ClN4O3S/c1-14-21(32-23(26-14)16-6-9-18(30-2)19(12-16)31-3)22(29)27-20-10-11-25-28(20)13-15-4-7-17(24)8-5-15/h4-12H,13H2,1-3H3,(H,27,29). The molecular formula is C23H21ClN4O3S. The molecule has 164 valence electrons. The summed E-state index contributed by atoms with van der Waals surface area (Å²) < 4.78 is 12.4. The van der Waals surface area contributed by atoms with Crippen LogP contribution in [0.25, 0.3) is 10.6 Å². The number of thiazole rings is 1. The highest BCUT2D eigenvalue weighted by molar-refractivity contribution is 7.17. The van der Waals surface area contributed by atoms with Crippen LogP contribution in [0.15, 0.2) is 54.7 Å². The van der Waals surface area contributed by atoms with E-state index >= 15 is 0 Å². The maximum absolute atomic E-state index is 13.0. The molecule has 0 saturated heterocycles. The summed E-state index contributed by atoms with van der Waals surface area (Å²) in [6, 6.07) is 14.8. The first-order valence-electron chi connectivity index (χ1n) is 9.76. The molecule has 1 amide bonds. The maximum atomic E-state index is 13.0. The third kappa shape index (κ3) is 4.61. The Kier molecular flexibility index (Phi) is 6.43. The van der Waals surface area contributed by atoms with Gasteiger partial charge in [-0.3, -0.25) is 4.79 Å². The number of halogens is 1. The molecule has 0 fully saturated rings. The second-order valence-corrected chi connectivity index (χ2v) is 8.39. The van der Waals surface area contributed by atoms with Crippen molar-refractivity contribution in [3.8, 4) is 22.1 Å². The van der Waals surface area contributed by atoms with Gasteiger partial charge in [0, 0.05) is 16.7 Å². The summed E-state index contributed by atoms with van der Waals surface area (Å²) in [6.45, 7) is 2.33. The fourth-order valence-corrected chi connectivity index (χ4v) is 4.28. The van der Waals surface area contributed by atoms with Gasteiger partial charge >= 0.3 is 0 Å². The SMILES string of the molecule is COc1ccc(-c2nc(C)c(C(=O)Nc3ccnn3Cc3ccc(Cl)cc3)s2)cc1OC. The number of nitrogens with zero attached hydrogens (tertiary/aromatic N) is 3. The lowest BCUT2D eigenvalue weighted by atomic mass is 10.2. The van der Waals surface area contributed by atoms with Crippen LogP contribution in [0.3, 0.4) is 0 Å². The topological polar surface area (TPSA) is 78.3 Å². The van der Waals surface area contributed by atoms with Crippen molar-refractivity contribution in [2.75, 3.05) is 19.5 Å². The lowest BCUT2D eigenvalue weighted by Gasteiger charge is -2.09.